The molecule has 0 radical (unpaired) electrons. The van der Waals surface area contributed by atoms with Crippen LogP contribution in [0.1, 0.15) is 22.3 Å². The third-order valence-electron chi connectivity index (χ3n) is 3.32. The molecule has 1 atom stereocenters. The molecule has 0 aliphatic carbocycles. The molecule has 1 unspecified atom stereocenters. The Bertz CT molecular complexity index is 517. The lowest BCUT2D eigenvalue weighted by atomic mass is 9.96. The standard InChI is InChI=1S/C17H21N/c1-13-6-5-8-15(10-13)11-17(18)12-16-9-4-3-7-14(16)2/h3-10,17H,11-12,18H2,1-2H3. The Morgan fingerprint density at radius 2 is 1.72 bits per heavy atom. The van der Waals surface area contributed by atoms with Crippen molar-refractivity contribution in [3.05, 3.63) is 70.8 Å². The number of hydrogen-bond donors (Lipinski definition) is 1. The lowest BCUT2D eigenvalue weighted by Gasteiger charge is -2.13. The number of benzene rings is 2. The molecule has 0 saturated carbocycles. The number of rotatable bonds is 4. The van der Waals surface area contributed by atoms with Crippen molar-refractivity contribution in [1.29, 1.82) is 0 Å². The summed E-state index contributed by atoms with van der Waals surface area (Å²) in [6.07, 6.45) is 1.89. The van der Waals surface area contributed by atoms with Gasteiger partial charge in [-0.1, -0.05) is 54.1 Å². The van der Waals surface area contributed by atoms with Crippen molar-refractivity contribution in [2.75, 3.05) is 0 Å². The zero-order valence-corrected chi connectivity index (χ0v) is 11.2. The van der Waals surface area contributed by atoms with E-state index in [1.807, 2.05) is 0 Å². The maximum atomic E-state index is 6.26. The van der Waals surface area contributed by atoms with Crippen molar-refractivity contribution in [2.24, 2.45) is 5.73 Å². The van der Waals surface area contributed by atoms with Crippen LogP contribution in [0.25, 0.3) is 0 Å². The minimum absolute atomic E-state index is 0.188. The Hall–Kier alpha value is -1.60. The van der Waals surface area contributed by atoms with Gasteiger partial charge in [-0.15, -0.1) is 0 Å². The highest BCUT2D eigenvalue weighted by Crippen LogP contribution is 2.12. The first-order chi connectivity index (χ1) is 8.65. The summed E-state index contributed by atoms with van der Waals surface area (Å²) < 4.78 is 0. The normalized spacial score (nSPS) is 12.4. The van der Waals surface area contributed by atoms with Gasteiger partial charge in [-0.3, -0.25) is 0 Å². The van der Waals surface area contributed by atoms with Crippen LogP contribution < -0.4 is 5.73 Å². The molecule has 2 aromatic rings. The minimum Gasteiger partial charge on any atom is -0.327 e. The summed E-state index contributed by atoms with van der Waals surface area (Å²) in [6.45, 7) is 4.27. The van der Waals surface area contributed by atoms with Crippen LogP contribution in [0.5, 0.6) is 0 Å². The molecule has 2 rings (SSSR count). The topological polar surface area (TPSA) is 26.0 Å². The van der Waals surface area contributed by atoms with Gasteiger partial charge in [0.05, 0.1) is 0 Å². The van der Waals surface area contributed by atoms with Gasteiger partial charge in [0.1, 0.15) is 0 Å². The summed E-state index contributed by atoms with van der Waals surface area (Å²) in [4.78, 5) is 0. The van der Waals surface area contributed by atoms with Crippen molar-refractivity contribution in [3.63, 3.8) is 0 Å². The molecular weight excluding hydrogens is 218 g/mol. The van der Waals surface area contributed by atoms with Crippen molar-refractivity contribution >= 4 is 0 Å². The molecule has 0 aliphatic heterocycles. The Morgan fingerprint density at radius 3 is 2.44 bits per heavy atom. The molecule has 0 fully saturated rings. The summed E-state index contributed by atoms with van der Waals surface area (Å²) in [5.41, 5.74) is 11.6. The molecule has 1 heteroatoms. The SMILES string of the molecule is Cc1cccc(CC(N)Cc2ccccc2C)c1. The quantitative estimate of drug-likeness (QED) is 0.869. The average Bonchev–Trinajstić information content (AvgIpc) is 2.32. The molecule has 1 nitrogen and oxygen atoms in total. The van der Waals surface area contributed by atoms with E-state index in [9.17, 15) is 0 Å². The molecule has 0 saturated heterocycles. The Kier molecular flexibility index (Phi) is 4.16. The average molecular weight is 239 g/mol. The van der Waals surface area contributed by atoms with Gasteiger partial charge in [-0.05, 0) is 43.4 Å². The van der Waals surface area contributed by atoms with Gasteiger partial charge in [-0.25, -0.2) is 0 Å². The van der Waals surface area contributed by atoms with E-state index in [1.54, 1.807) is 0 Å². The van der Waals surface area contributed by atoms with Gasteiger partial charge in [0, 0.05) is 6.04 Å². The van der Waals surface area contributed by atoms with Crippen LogP contribution in [0.4, 0.5) is 0 Å². The third-order valence-corrected chi connectivity index (χ3v) is 3.32. The fourth-order valence-corrected chi connectivity index (χ4v) is 2.34. The first-order valence-corrected chi connectivity index (χ1v) is 6.51. The van der Waals surface area contributed by atoms with E-state index in [-0.39, 0.29) is 6.04 Å². The predicted molar refractivity (Wildman–Crippen MR) is 77.7 cm³/mol. The van der Waals surface area contributed by atoms with Gasteiger partial charge in [-0.2, -0.15) is 0 Å². The second kappa shape index (κ2) is 5.83. The molecule has 94 valence electrons. The van der Waals surface area contributed by atoms with Crippen molar-refractivity contribution in [2.45, 2.75) is 32.7 Å². The lowest BCUT2D eigenvalue weighted by molar-refractivity contribution is 0.662. The number of hydrogen-bond acceptors (Lipinski definition) is 1. The van der Waals surface area contributed by atoms with Crippen molar-refractivity contribution in [3.8, 4) is 0 Å². The van der Waals surface area contributed by atoms with Crippen molar-refractivity contribution in [1.82, 2.24) is 0 Å². The maximum Gasteiger partial charge on any atom is 0.0120 e. The molecule has 2 N–H and O–H groups in total. The summed E-state index contributed by atoms with van der Waals surface area (Å²) in [6, 6.07) is 17.3. The number of aryl methyl sites for hydroxylation is 2. The summed E-state index contributed by atoms with van der Waals surface area (Å²) in [5, 5.41) is 0. The predicted octanol–water partition coefficient (Wildman–Crippen LogP) is 3.42. The Labute approximate surface area is 110 Å². The van der Waals surface area contributed by atoms with E-state index in [1.165, 1.54) is 22.3 Å². The molecule has 0 spiro atoms. The summed E-state index contributed by atoms with van der Waals surface area (Å²) >= 11 is 0. The summed E-state index contributed by atoms with van der Waals surface area (Å²) in [7, 11) is 0. The Balaban J connectivity index is 2.01. The van der Waals surface area contributed by atoms with Crippen LogP contribution >= 0.6 is 0 Å². The first-order valence-electron chi connectivity index (χ1n) is 6.51. The summed E-state index contributed by atoms with van der Waals surface area (Å²) in [5.74, 6) is 0. The van der Waals surface area contributed by atoms with Gasteiger partial charge >= 0.3 is 0 Å². The molecule has 0 aromatic heterocycles. The fraction of sp³-hybridized carbons (Fsp3) is 0.294. The van der Waals surface area contributed by atoms with E-state index in [0.29, 0.717) is 0 Å². The molecule has 0 bridgehead atoms. The van der Waals surface area contributed by atoms with E-state index in [0.717, 1.165) is 12.8 Å². The highest BCUT2D eigenvalue weighted by molar-refractivity contribution is 5.27. The van der Waals surface area contributed by atoms with Crippen molar-refractivity contribution < 1.29 is 0 Å². The van der Waals surface area contributed by atoms with Gasteiger partial charge in [0.15, 0.2) is 0 Å². The van der Waals surface area contributed by atoms with Gasteiger partial charge in [0.25, 0.3) is 0 Å². The zero-order chi connectivity index (χ0) is 13.0. The number of nitrogens with two attached hydrogens (primary N) is 1. The van der Waals surface area contributed by atoms with Gasteiger partial charge < -0.3 is 5.73 Å². The molecule has 18 heavy (non-hydrogen) atoms. The second-order valence-electron chi connectivity index (χ2n) is 5.08. The molecule has 0 amide bonds. The van der Waals surface area contributed by atoms with Crippen LogP contribution in [-0.2, 0) is 12.8 Å². The van der Waals surface area contributed by atoms with Crippen LogP contribution in [0.2, 0.25) is 0 Å². The monoisotopic (exact) mass is 239 g/mol. The van der Waals surface area contributed by atoms with E-state index < -0.39 is 0 Å². The second-order valence-corrected chi connectivity index (χ2v) is 5.08. The van der Waals surface area contributed by atoms with E-state index in [4.69, 9.17) is 5.73 Å². The van der Waals surface area contributed by atoms with E-state index in [2.05, 4.69) is 62.4 Å². The van der Waals surface area contributed by atoms with E-state index >= 15 is 0 Å². The fourth-order valence-electron chi connectivity index (χ4n) is 2.34. The molecule has 0 heterocycles. The maximum absolute atomic E-state index is 6.26. The lowest BCUT2D eigenvalue weighted by Crippen LogP contribution is -2.25. The van der Waals surface area contributed by atoms with Crippen LogP contribution in [0.15, 0.2) is 48.5 Å². The minimum atomic E-state index is 0.188. The highest BCUT2D eigenvalue weighted by atomic mass is 14.6. The smallest absolute Gasteiger partial charge is 0.0120 e. The first kappa shape index (κ1) is 12.8. The van der Waals surface area contributed by atoms with Crippen LogP contribution in [0, 0.1) is 13.8 Å². The van der Waals surface area contributed by atoms with Crippen LogP contribution in [0.3, 0.4) is 0 Å². The molecule has 0 aliphatic rings. The van der Waals surface area contributed by atoms with Gasteiger partial charge in [0.2, 0.25) is 0 Å². The highest BCUT2D eigenvalue weighted by Gasteiger charge is 2.07. The zero-order valence-electron chi connectivity index (χ0n) is 11.2. The molecule has 2 aromatic carbocycles. The Morgan fingerprint density at radius 1 is 0.944 bits per heavy atom. The molecular formula is C17H21N. The largest absolute Gasteiger partial charge is 0.327 e. The van der Waals surface area contributed by atoms with Crippen LogP contribution in [-0.4, -0.2) is 6.04 Å². The third kappa shape index (κ3) is 3.44.